The highest BCUT2D eigenvalue weighted by atomic mass is 32.2. The van der Waals surface area contributed by atoms with Crippen LogP contribution in [-0.4, -0.2) is 93.4 Å². The van der Waals surface area contributed by atoms with Crippen LogP contribution in [0.25, 0.3) is 11.1 Å². The van der Waals surface area contributed by atoms with E-state index in [4.69, 9.17) is 4.74 Å². The second-order valence-electron chi connectivity index (χ2n) is 10.7. The molecule has 0 bridgehead atoms. The second-order valence-corrected chi connectivity index (χ2v) is 12.4. The fraction of sp³-hybridized carbons (Fsp3) is 0.517. The molecule has 1 N–H and O–H groups in total. The predicted octanol–water partition coefficient (Wildman–Crippen LogP) is 2.72. The zero-order chi connectivity index (χ0) is 27.4. The minimum absolute atomic E-state index is 0.000512. The van der Waals surface area contributed by atoms with Gasteiger partial charge in [-0.1, -0.05) is 24.3 Å². The Morgan fingerprint density at radius 1 is 0.949 bits per heavy atom. The molecule has 2 aromatic rings. The molecule has 10 heteroatoms. The number of carbonyl (C=O) groups excluding carboxylic acids is 2. The summed E-state index contributed by atoms with van der Waals surface area (Å²) in [6, 6.07) is 13.4. The van der Waals surface area contributed by atoms with Crippen LogP contribution in [0.4, 0.5) is 0 Å². The summed E-state index contributed by atoms with van der Waals surface area (Å²) in [6.45, 7) is 4.26. The first-order valence-corrected chi connectivity index (χ1v) is 15.4. The molecule has 3 fully saturated rings. The summed E-state index contributed by atoms with van der Waals surface area (Å²) in [4.78, 5) is 32.5. The van der Waals surface area contributed by atoms with Crippen molar-refractivity contribution in [1.82, 2.24) is 19.4 Å². The number of hydrogen-bond acceptors (Lipinski definition) is 6. The normalized spacial score (nSPS) is 22.4. The van der Waals surface area contributed by atoms with Gasteiger partial charge in [-0.2, -0.15) is 4.72 Å². The molecule has 0 aliphatic carbocycles. The maximum atomic E-state index is 13.3. The predicted molar refractivity (Wildman–Crippen MR) is 149 cm³/mol. The van der Waals surface area contributed by atoms with Gasteiger partial charge in [-0.3, -0.25) is 9.59 Å². The number of benzene rings is 2. The zero-order valence-corrected chi connectivity index (χ0v) is 23.4. The van der Waals surface area contributed by atoms with Crippen LogP contribution in [0.2, 0.25) is 0 Å². The van der Waals surface area contributed by atoms with Crippen LogP contribution >= 0.6 is 0 Å². The lowest BCUT2D eigenvalue weighted by molar-refractivity contribution is -0.143. The van der Waals surface area contributed by atoms with Gasteiger partial charge in [0.05, 0.1) is 18.6 Å². The van der Waals surface area contributed by atoms with Gasteiger partial charge in [0, 0.05) is 25.7 Å². The van der Waals surface area contributed by atoms with Gasteiger partial charge in [-0.15, -0.1) is 0 Å². The Morgan fingerprint density at radius 3 is 2.44 bits per heavy atom. The van der Waals surface area contributed by atoms with E-state index in [1.807, 2.05) is 35.2 Å². The van der Waals surface area contributed by atoms with Gasteiger partial charge in [0.2, 0.25) is 21.8 Å². The molecule has 0 spiro atoms. The first kappa shape index (κ1) is 27.6. The molecule has 2 aromatic carbocycles. The molecule has 3 heterocycles. The second kappa shape index (κ2) is 12.1. The molecule has 0 unspecified atom stereocenters. The average Bonchev–Trinajstić information content (AvgIpc) is 3.64. The van der Waals surface area contributed by atoms with Gasteiger partial charge in [-0.25, -0.2) is 8.42 Å². The monoisotopic (exact) mass is 554 g/mol. The van der Waals surface area contributed by atoms with Gasteiger partial charge in [0.25, 0.3) is 0 Å². The maximum absolute atomic E-state index is 13.3. The SMILES string of the molecule is COc1ccc(-c2cccc(S(=O)(=O)N[C@H]3CCCN(CC(=O)N4CCC[C@H]4CN4CCCC4)C3=O)c2)cc1. The number of amides is 2. The third kappa shape index (κ3) is 6.45. The molecule has 9 nitrogen and oxygen atoms in total. The number of ether oxygens (including phenoxy) is 1. The molecule has 0 aromatic heterocycles. The van der Waals surface area contributed by atoms with E-state index < -0.39 is 16.1 Å². The summed E-state index contributed by atoms with van der Waals surface area (Å²) >= 11 is 0. The van der Waals surface area contributed by atoms with Crippen LogP contribution in [0.3, 0.4) is 0 Å². The lowest BCUT2D eigenvalue weighted by Crippen LogP contribution is -2.55. The van der Waals surface area contributed by atoms with Crippen molar-refractivity contribution in [3.63, 3.8) is 0 Å². The van der Waals surface area contributed by atoms with E-state index in [0.29, 0.717) is 19.4 Å². The summed E-state index contributed by atoms with van der Waals surface area (Å²) in [5.41, 5.74) is 1.60. The topological polar surface area (TPSA) is 99.3 Å². The Hall–Kier alpha value is -2.95. The van der Waals surface area contributed by atoms with Crippen LogP contribution in [0, 0.1) is 0 Å². The van der Waals surface area contributed by atoms with Gasteiger partial charge in [0.1, 0.15) is 11.8 Å². The van der Waals surface area contributed by atoms with Gasteiger partial charge >= 0.3 is 0 Å². The number of nitrogens with zero attached hydrogens (tertiary/aromatic N) is 3. The minimum atomic E-state index is -3.95. The maximum Gasteiger partial charge on any atom is 0.242 e. The first-order chi connectivity index (χ1) is 18.8. The third-order valence-electron chi connectivity index (χ3n) is 8.09. The highest BCUT2D eigenvalue weighted by molar-refractivity contribution is 7.89. The van der Waals surface area contributed by atoms with Crippen molar-refractivity contribution in [2.75, 3.05) is 46.4 Å². The number of sulfonamides is 1. The summed E-state index contributed by atoms with van der Waals surface area (Å²) in [6.07, 6.45) is 5.44. The molecule has 5 rings (SSSR count). The van der Waals surface area contributed by atoms with Crippen molar-refractivity contribution in [3.05, 3.63) is 48.5 Å². The highest BCUT2D eigenvalue weighted by Gasteiger charge is 2.36. The van der Waals surface area contributed by atoms with E-state index in [2.05, 4.69) is 9.62 Å². The van der Waals surface area contributed by atoms with E-state index in [0.717, 1.165) is 55.9 Å². The Labute approximate surface area is 231 Å². The quantitative estimate of drug-likeness (QED) is 0.512. The molecule has 0 saturated carbocycles. The molecule has 0 radical (unpaired) electrons. The Morgan fingerprint density at radius 2 is 1.69 bits per heavy atom. The largest absolute Gasteiger partial charge is 0.497 e. The molecule has 210 valence electrons. The Kier molecular flexibility index (Phi) is 8.54. The fourth-order valence-corrected chi connectivity index (χ4v) is 7.23. The molecule has 3 aliphatic heterocycles. The van der Waals surface area contributed by atoms with Crippen LogP contribution < -0.4 is 9.46 Å². The van der Waals surface area contributed by atoms with E-state index in [9.17, 15) is 18.0 Å². The van der Waals surface area contributed by atoms with E-state index in [-0.39, 0.29) is 29.3 Å². The number of methoxy groups -OCH3 is 1. The van der Waals surface area contributed by atoms with E-state index in [1.165, 1.54) is 23.8 Å². The summed E-state index contributed by atoms with van der Waals surface area (Å²) in [5, 5.41) is 0. The van der Waals surface area contributed by atoms with Crippen LogP contribution in [0.1, 0.15) is 38.5 Å². The molecule has 39 heavy (non-hydrogen) atoms. The molecule has 2 atom stereocenters. The lowest BCUT2D eigenvalue weighted by atomic mass is 10.1. The van der Waals surface area contributed by atoms with Gasteiger partial charge in [0.15, 0.2) is 0 Å². The van der Waals surface area contributed by atoms with E-state index in [1.54, 1.807) is 19.2 Å². The standard InChI is InChI=1S/C29H38N4O5S/c1-38-25-13-11-22(12-14-25)23-7-4-9-26(19-23)39(36,37)30-27-10-6-17-32(29(27)35)21-28(34)33-18-5-8-24(33)20-31-15-2-3-16-31/h4,7,9,11-14,19,24,27,30H,2-3,5-6,8,10,15-18,20-21H2,1H3/t24-,27-/m0/s1. The van der Waals surface area contributed by atoms with E-state index >= 15 is 0 Å². The Bertz CT molecular complexity index is 1280. The molecular formula is C29H38N4O5S. The minimum Gasteiger partial charge on any atom is -0.497 e. The molecule has 3 saturated heterocycles. The number of likely N-dealkylation sites (tertiary alicyclic amines) is 3. The van der Waals surface area contributed by atoms with Gasteiger partial charge in [-0.05, 0) is 87.0 Å². The Balaban J connectivity index is 1.22. The number of carbonyl (C=O) groups is 2. The average molecular weight is 555 g/mol. The number of piperidine rings is 1. The van der Waals surface area contributed by atoms with Crippen LogP contribution in [0.5, 0.6) is 5.75 Å². The third-order valence-corrected chi connectivity index (χ3v) is 9.56. The van der Waals surface area contributed by atoms with Crippen LogP contribution in [0.15, 0.2) is 53.4 Å². The molecular weight excluding hydrogens is 516 g/mol. The van der Waals surface area contributed by atoms with Crippen LogP contribution in [-0.2, 0) is 19.6 Å². The summed E-state index contributed by atoms with van der Waals surface area (Å²) < 4.78 is 34.4. The van der Waals surface area contributed by atoms with Crippen molar-refractivity contribution in [1.29, 1.82) is 0 Å². The number of rotatable bonds is 9. The van der Waals surface area contributed by atoms with Crippen molar-refractivity contribution in [2.45, 2.75) is 55.5 Å². The van der Waals surface area contributed by atoms with Crippen molar-refractivity contribution < 1.29 is 22.7 Å². The zero-order valence-electron chi connectivity index (χ0n) is 22.5. The van der Waals surface area contributed by atoms with Gasteiger partial charge < -0.3 is 19.4 Å². The highest BCUT2D eigenvalue weighted by Crippen LogP contribution is 2.26. The summed E-state index contributed by atoms with van der Waals surface area (Å²) in [7, 11) is -2.36. The molecule has 2 amide bonds. The smallest absolute Gasteiger partial charge is 0.242 e. The number of hydrogen-bond donors (Lipinski definition) is 1. The lowest BCUT2D eigenvalue weighted by Gasteiger charge is -2.34. The number of nitrogens with one attached hydrogen (secondary N) is 1. The van der Waals surface area contributed by atoms with Crippen molar-refractivity contribution >= 4 is 21.8 Å². The van der Waals surface area contributed by atoms with Crippen molar-refractivity contribution in [3.8, 4) is 16.9 Å². The fourth-order valence-electron chi connectivity index (χ4n) is 5.96. The summed E-state index contributed by atoms with van der Waals surface area (Å²) in [5.74, 6) is 0.343. The van der Waals surface area contributed by atoms with Crippen molar-refractivity contribution in [2.24, 2.45) is 0 Å². The first-order valence-electron chi connectivity index (χ1n) is 13.9. The molecule has 3 aliphatic rings.